The average Bonchev–Trinajstić information content (AvgIpc) is 2.27. The second-order valence-electron chi connectivity index (χ2n) is 3.05. The van der Waals surface area contributed by atoms with Crippen LogP contribution in [-0.4, -0.2) is 44.8 Å². The van der Waals surface area contributed by atoms with Crippen molar-refractivity contribution in [1.29, 1.82) is 0 Å². The SMILES string of the molecule is CNC(=O)NC1N=C(OC)NC(C(F)(F)F)N1. The molecule has 7 nitrogen and oxygen atoms in total. The molecule has 0 bridgehead atoms. The maximum absolute atomic E-state index is 12.5. The van der Waals surface area contributed by atoms with Crippen LogP contribution in [0, 0.1) is 0 Å². The van der Waals surface area contributed by atoms with Gasteiger partial charge in [-0.15, -0.1) is 0 Å². The molecular formula is C7H12F3N5O2. The largest absolute Gasteiger partial charge is 0.469 e. The molecule has 0 fully saturated rings. The number of urea groups is 1. The number of aliphatic imine (C=N–C) groups is 1. The normalized spacial score (nSPS) is 24.4. The molecule has 98 valence electrons. The highest BCUT2D eigenvalue weighted by atomic mass is 19.4. The lowest BCUT2D eigenvalue weighted by molar-refractivity contribution is -0.164. The molecule has 0 saturated heterocycles. The molecule has 0 saturated carbocycles. The van der Waals surface area contributed by atoms with E-state index in [9.17, 15) is 18.0 Å². The maximum atomic E-state index is 12.5. The molecule has 17 heavy (non-hydrogen) atoms. The number of amidine groups is 1. The van der Waals surface area contributed by atoms with Gasteiger partial charge in [-0.3, -0.25) is 5.32 Å². The third kappa shape index (κ3) is 3.66. The summed E-state index contributed by atoms with van der Waals surface area (Å²) in [6.45, 7) is 0. The van der Waals surface area contributed by atoms with Crippen molar-refractivity contribution in [3.63, 3.8) is 0 Å². The van der Waals surface area contributed by atoms with Crippen LogP contribution in [0.2, 0.25) is 0 Å². The fraction of sp³-hybridized carbons (Fsp3) is 0.714. The molecule has 2 unspecified atom stereocenters. The van der Waals surface area contributed by atoms with Crippen LogP contribution in [0.15, 0.2) is 4.99 Å². The van der Waals surface area contributed by atoms with Gasteiger partial charge >= 0.3 is 12.2 Å². The van der Waals surface area contributed by atoms with Gasteiger partial charge < -0.3 is 20.7 Å². The number of rotatable bonds is 1. The second kappa shape index (κ2) is 5.08. The van der Waals surface area contributed by atoms with E-state index in [2.05, 4.69) is 20.4 Å². The zero-order chi connectivity index (χ0) is 13.1. The van der Waals surface area contributed by atoms with Crippen molar-refractivity contribution in [3.8, 4) is 0 Å². The number of nitrogens with zero attached hydrogens (tertiary/aromatic N) is 1. The van der Waals surface area contributed by atoms with Gasteiger partial charge in [0.05, 0.1) is 7.11 Å². The predicted molar refractivity (Wildman–Crippen MR) is 51.9 cm³/mol. The number of hydrogen-bond acceptors (Lipinski definition) is 5. The number of ether oxygens (including phenoxy) is 1. The Balaban J connectivity index is 2.74. The molecule has 0 aromatic rings. The number of nitrogens with one attached hydrogen (secondary N) is 4. The van der Waals surface area contributed by atoms with E-state index in [4.69, 9.17) is 0 Å². The first kappa shape index (κ1) is 13.4. The van der Waals surface area contributed by atoms with E-state index >= 15 is 0 Å². The molecule has 2 atom stereocenters. The Bertz CT molecular complexity index is 319. The van der Waals surface area contributed by atoms with Crippen LogP contribution < -0.4 is 21.3 Å². The highest BCUT2D eigenvalue weighted by molar-refractivity contribution is 5.77. The maximum Gasteiger partial charge on any atom is 0.422 e. The molecule has 0 spiro atoms. The zero-order valence-corrected chi connectivity index (χ0v) is 9.05. The number of methoxy groups -OCH3 is 1. The standard InChI is InChI=1S/C7H12F3N5O2/c1-11-5(16)14-4-12-3(7(8,9)10)13-6(15-4)17-2/h3-4,12H,1-2H3,(H,13,15)(H2,11,14,16). The lowest BCUT2D eigenvalue weighted by Crippen LogP contribution is -2.65. The van der Waals surface area contributed by atoms with Gasteiger partial charge in [-0.05, 0) is 0 Å². The van der Waals surface area contributed by atoms with Gasteiger partial charge in [-0.25, -0.2) is 4.79 Å². The minimum atomic E-state index is -4.54. The summed E-state index contributed by atoms with van der Waals surface area (Å²) in [6.07, 6.45) is -7.81. The van der Waals surface area contributed by atoms with E-state index in [0.717, 1.165) is 0 Å². The van der Waals surface area contributed by atoms with Gasteiger partial charge in [0.1, 0.15) is 0 Å². The Hall–Kier alpha value is -1.71. The van der Waals surface area contributed by atoms with Gasteiger partial charge in [-0.2, -0.15) is 18.2 Å². The van der Waals surface area contributed by atoms with Crippen molar-refractivity contribution in [2.45, 2.75) is 18.6 Å². The molecule has 0 aromatic heterocycles. The molecule has 1 heterocycles. The van der Waals surface area contributed by atoms with Crippen LogP contribution in [0.3, 0.4) is 0 Å². The summed E-state index contributed by atoms with van der Waals surface area (Å²) < 4.78 is 42.0. The molecule has 0 aromatic carbocycles. The number of carbonyl (C=O) groups is 1. The number of hydrogen-bond donors (Lipinski definition) is 4. The molecule has 4 N–H and O–H groups in total. The van der Waals surface area contributed by atoms with Gasteiger partial charge in [0, 0.05) is 7.05 Å². The second-order valence-corrected chi connectivity index (χ2v) is 3.05. The summed E-state index contributed by atoms with van der Waals surface area (Å²) >= 11 is 0. The Morgan fingerprint density at radius 1 is 1.53 bits per heavy atom. The first-order valence-electron chi connectivity index (χ1n) is 4.56. The van der Waals surface area contributed by atoms with Gasteiger partial charge in [-0.1, -0.05) is 0 Å². The molecule has 0 radical (unpaired) electrons. The Morgan fingerprint density at radius 2 is 2.18 bits per heavy atom. The third-order valence-electron chi connectivity index (χ3n) is 1.85. The van der Waals surface area contributed by atoms with Gasteiger partial charge in [0.15, 0.2) is 12.5 Å². The minimum absolute atomic E-state index is 0.313. The van der Waals surface area contributed by atoms with Crippen LogP contribution in [0.1, 0.15) is 0 Å². The fourth-order valence-corrected chi connectivity index (χ4v) is 1.07. The molecule has 10 heteroatoms. The third-order valence-corrected chi connectivity index (χ3v) is 1.85. The average molecular weight is 255 g/mol. The Labute approximate surface area is 94.8 Å². The highest BCUT2D eigenvalue weighted by Gasteiger charge is 2.44. The number of halogens is 3. The van der Waals surface area contributed by atoms with Crippen LogP contribution in [0.5, 0.6) is 0 Å². The topological polar surface area (TPSA) is 86.8 Å². The van der Waals surface area contributed by atoms with Crippen LogP contribution >= 0.6 is 0 Å². The molecule has 0 aliphatic carbocycles. The lowest BCUT2D eigenvalue weighted by atomic mass is 10.4. The van der Waals surface area contributed by atoms with E-state index in [1.807, 2.05) is 10.6 Å². The molecule has 2 amide bonds. The van der Waals surface area contributed by atoms with Crippen molar-refractivity contribution in [3.05, 3.63) is 0 Å². The summed E-state index contributed by atoms with van der Waals surface area (Å²) in [7, 11) is 2.50. The Morgan fingerprint density at radius 3 is 2.65 bits per heavy atom. The van der Waals surface area contributed by atoms with E-state index < -0.39 is 24.7 Å². The van der Waals surface area contributed by atoms with Crippen molar-refractivity contribution < 1.29 is 22.7 Å². The first-order chi connectivity index (χ1) is 7.86. The quantitative estimate of drug-likeness (QED) is 0.498. The lowest BCUT2D eigenvalue weighted by Gasteiger charge is -2.31. The first-order valence-corrected chi connectivity index (χ1v) is 4.56. The summed E-state index contributed by atoms with van der Waals surface area (Å²) in [4.78, 5) is 14.6. The Kier molecular flexibility index (Phi) is 3.99. The van der Waals surface area contributed by atoms with Crippen molar-refractivity contribution in [1.82, 2.24) is 21.3 Å². The monoisotopic (exact) mass is 255 g/mol. The molecule has 1 aliphatic heterocycles. The van der Waals surface area contributed by atoms with Crippen LogP contribution in [0.4, 0.5) is 18.0 Å². The van der Waals surface area contributed by atoms with Crippen molar-refractivity contribution in [2.24, 2.45) is 4.99 Å². The summed E-state index contributed by atoms with van der Waals surface area (Å²) in [5.74, 6) is 0. The van der Waals surface area contributed by atoms with E-state index in [1.54, 1.807) is 0 Å². The number of alkyl halides is 3. The van der Waals surface area contributed by atoms with E-state index in [-0.39, 0.29) is 6.02 Å². The van der Waals surface area contributed by atoms with Crippen molar-refractivity contribution >= 4 is 12.1 Å². The van der Waals surface area contributed by atoms with E-state index in [0.29, 0.717) is 0 Å². The zero-order valence-electron chi connectivity index (χ0n) is 9.05. The van der Waals surface area contributed by atoms with Crippen LogP contribution in [-0.2, 0) is 4.74 Å². The van der Waals surface area contributed by atoms with Gasteiger partial charge in [0.25, 0.3) is 6.02 Å². The van der Waals surface area contributed by atoms with E-state index in [1.165, 1.54) is 14.2 Å². The minimum Gasteiger partial charge on any atom is -0.469 e. The molecule has 1 rings (SSSR count). The van der Waals surface area contributed by atoms with Crippen molar-refractivity contribution in [2.75, 3.05) is 14.2 Å². The highest BCUT2D eigenvalue weighted by Crippen LogP contribution is 2.20. The smallest absolute Gasteiger partial charge is 0.422 e. The van der Waals surface area contributed by atoms with Crippen LogP contribution in [0.25, 0.3) is 0 Å². The molecule has 1 aliphatic rings. The molecular weight excluding hydrogens is 243 g/mol. The summed E-state index contributed by atoms with van der Waals surface area (Å²) in [5.41, 5.74) is 0. The number of amides is 2. The number of carbonyl (C=O) groups excluding carboxylic acids is 1. The summed E-state index contributed by atoms with van der Waals surface area (Å²) in [5, 5.41) is 8.39. The summed E-state index contributed by atoms with van der Waals surface area (Å²) in [6, 6.07) is -0.975. The van der Waals surface area contributed by atoms with Gasteiger partial charge in [0.2, 0.25) is 0 Å². The predicted octanol–water partition coefficient (Wildman–Crippen LogP) is -0.717. The fourth-order valence-electron chi connectivity index (χ4n) is 1.07.